The zero-order valence-electron chi connectivity index (χ0n) is 11.2. The molecular formula is C12H15BrF3N3O. The van der Waals surface area contributed by atoms with Gasteiger partial charge in [0.2, 0.25) is 0 Å². The summed E-state index contributed by atoms with van der Waals surface area (Å²) < 4.78 is 37.6. The van der Waals surface area contributed by atoms with Gasteiger partial charge < -0.3 is 4.90 Å². The summed E-state index contributed by atoms with van der Waals surface area (Å²) in [4.78, 5) is 13.0. The molecule has 0 aliphatic carbocycles. The molecule has 1 rings (SSSR count). The van der Waals surface area contributed by atoms with Gasteiger partial charge in [0, 0.05) is 11.9 Å². The number of alkyl halides is 4. The molecule has 0 fully saturated rings. The molecule has 0 saturated carbocycles. The Hall–Kier alpha value is -1.18. The highest BCUT2D eigenvalue weighted by Crippen LogP contribution is 2.19. The SMILES string of the molecule is CCc1nnc(C)cc1C(=O)N(CCBr)CC(F)(F)F. The number of carbonyl (C=O) groups is 1. The number of carbonyl (C=O) groups excluding carboxylic acids is 1. The minimum atomic E-state index is -4.43. The zero-order chi connectivity index (χ0) is 15.3. The van der Waals surface area contributed by atoms with Gasteiger partial charge in [-0.25, -0.2) is 0 Å². The summed E-state index contributed by atoms with van der Waals surface area (Å²) in [5, 5.41) is 7.96. The van der Waals surface area contributed by atoms with Crippen LogP contribution in [0.5, 0.6) is 0 Å². The van der Waals surface area contributed by atoms with Crippen molar-refractivity contribution in [3.63, 3.8) is 0 Å². The van der Waals surface area contributed by atoms with E-state index in [9.17, 15) is 18.0 Å². The molecule has 1 amide bonds. The summed E-state index contributed by atoms with van der Waals surface area (Å²) in [6, 6.07) is 1.48. The largest absolute Gasteiger partial charge is 0.406 e. The van der Waals surface area contributed by atoms with E-state index in [-0.39, 0.29) is 17.4 Å². The molecule has 0 atom stereocenters. The van der Waals surface area contributed by atoms with Gasteiger partial charge >= 0.3 is 6.18 Å². The Morgan fingerprint density at radius 3 is 2.55 bits per heavy atom. The zero-order valence-corrected chi connectivity index (χ0v) is 12.8. The van der Waals surface area contributed by atoms with Crippen LogP contribution in [0, 0.1) is 6.92 Å². The summed E-state index contributed by atoms with van der Waals surface area (Å²) in [5.41, 5.74) is 1.09. The molecule has 0 unspecified atom stereocenters. The average molecular weight is 354 g/mol. The third kappa shape index (κ3) is 4.73. The van der Waals surface area contributed by atoms with Crippen molar-refractivity contribution >= 4 is 21.8 Å². The number of aryl methyl sites for hydroxylation is 2. The van der Waals surface area contributed by atoms with E-state index in [0.29, 0.717) is 17.8 Å². The molecule has 0 N–H and O–H groups in total. The van der Waals surface area contributed by atoms with Gasteiger partial charge in [-0.2, -0.15) is 23.4 Å². The van der Waals surface area contributed by atoms with Gasteiger partial charge in [-0.3, -0.25) is 4.79 Å². The lowest BCUT2D eigenvalue weighted by atomic mass is 10.1. The van der Waals surface area contributed by atoms with Crippen LogP contribution in [0.3, 0.4) is 0 Å². The van der Waals surface area contributed by atoms with Crippen LogP contribution in [-0.4, -0.2) is 45.6 Å². The molecular weight excluding hydrogens is 339 g/mol. The van der Waals surface area contributed by atoms with Crippen LogP contribution in [-0.2, 0) is 6.42 Å². The van der Waals surface area contributed by atoms with E-state index in [1.807, 2.05) is 0 Å². The van der Waals surface area contributed by atoms with Gasteiger partial charge in [-0.1, -0.05) is 22.9 Å². The van der Waals surface area contributed by atoms with E-state index in [4.69, 9.17) is 0 Å². The Labute approximate surface area is 123 Å². The Morgan fingerprint density at radius 1 is 1.40 bits per heavy atom. The average Bonchev–Trinajstić information content (AvgIpc) is 2.36. The van der Waals surface area contributed by atoms with Gasteiger partial charge in [-0.05, 0) is 19.4 Å². The summed E-state index contributed by atoms with van der Waals surface area (Å²) in [7, 11) is 0. The van der Waals surface area contributed by atoms with Gasteiger partial charge in [0.25, 0.3) is 5.91 Å². The molecule has 4 nitrogen and oxygen atoms in total. The summed E-state index contributed by atoms with van der Waals surface area (Å²) >= 11 is 3.06. The highest BCUT2D eigenvalue weighted by atomic mass is 79.9. The van der Waals surface area contributed by atoms with Crippen molar-refractivity contribution in [2.24, 2.45) is 0 Å². The molecule has 1 heterocycles. The topological polar surface area (TPSA) is 46.1 Å². The van der Waals surface area contributed by atoms with Crippen LogP contribution >= 0.6 is 15.9 Å². The van der Waals surface area contributed by atoms with E-state index in [0.717, 1.165) is 4.90 Å². The second-order valence-corrected chi connectivity index (χ2v) is 5.02. The Balaban J connectivity index is 3.08. The first kappa shape index (κ1) is 16.9. The maximum Gasteiger partial charge on any atom is 0.406 e. The van der Waals surface area contributed by atoms with Gasteiger partial charge in [0.15, 0.2) is 0 Å². The standard InChI is InChI=1S/C12H15BrF3N3O/c1-3-10-9(6-8(2)17-18-10)11(20)19(5-4-13)7-12(14,15)16/h6H,3-5,7H2,1-2H3. The summed E-state index contributed by atoms with van der Waals surface area (Å²) in [6.45, 7) is 2.11. The van der Waals surface area contributed by atoms with Gasteiger partial charge in [0.1, 0.15) is 6.54 Å². The molecule has 20 heavy (non-hydrogen) atoms. The molecule has 0 radical (unpaired) electrons. The monoisotopic (exact) mass is 353 g/mol. The van der Waals surface area contributed by atoms with Crippen molar-refractivity contribution in [3.8, 4) is 0 Å². The van der Waals surface area contributed by atoms with Crippen molar-refractivity contribution in [1.82, 2.24) is 15.1 Å². The number of halogens is 4. The fourth-order valence-electron chi connectivity index (χ4n) is 1.70. The van der Waals surface area contributed by atoms with Gasteiger partial charge in [-0.15, -0.1) is 0 Å². The molecule has 0 saturated heterocycles. The van der Waals surface area contributed by atoms with E-state index in [1.54, 1.807) is 13.8 Å². The van der Waals surface area contributed by atoms with E-state index in [1.165, 1.54) is 6.07 Å². The van der Waals surface area contributed by atoms with Crippen molar-refractivity contribution in [2.45, 2.75) is 26.4 Å². The molecule has 0 aliphatic rings. The normalized spacial score (nSPS) is 11.5. The highest BCUT2D eigenvalue weighted by Gasteiger charge is 2.33. The third-order valence-electron chi connectivity index (χ3n) is 2.57. The molecule has 0 aliphatic heterocycles. The molecule has 8 heteroatoms. The molecule has 112 valence electrons. The maximum atomic E-state index is 12.5. The molecule has 0 aromatic carbocycles. The van der Waals surface area contributed by atoms with Crippen molar-refractivity contribution in [3.05, 3.63) is 23.0 Å². The smallest absolute Gasteiger partial charge is 0.329 e. The van der Waals surface area contributed by atoms with E-state index < -0.39 is 18.6 Å². The van der Waals surface area contributed by atoms with Crippen molar-refractivity contribution < 1.29 is 18.0 Å². The molecule has 1 aromatic rings. The number of hydrogen-bond acceptors (Lipinski definition) is 3. The van der Waals surface area contributed by atoms with Crippen LogP contribution in [0.1, 0.15) is 28.7 Å². The fraction of sp³-hybridized carbons (Fsp3) is 0.583. The molecule has 0 spiro atoms. The summed E-state index contributed by atoms with van der Waals surface area (Å²) in [5.74, 6) is -0.670. The lowest BCUT2D eigenvalue weighted by molar-refractivity contribution is -0.140. The van der Waals surface area contributed by atoms with Crippen molar-refractivity contribution in [1.29, 1.82) is 0 Å². The fourth-order valence-corrected chi connectivity index (χ4v) is 2.13. The molecule has 1 aromatic heterocycles. The highest BCUT2D eigenvalue weighted by molar-refractivity contribution is 9.09. The van der Waals surface area contributed by atoms with Crippen LogP contribution in [0.15, 0.2) is 6.07 Å². The third-order valence-corrected chi connectivity index (χ3v) is 2.92. The van der Waals surface area contributed by atoms with Crippen LogP contribution < -0.4 is 0 Å². The first-order valence-electron chi connectivity index (χ1n) is 6.03. The van der Waals surface area contributed by atoms with Crippen LogP contribution in [0.4, 0.5) is 13.2 Å². The van der Waals surface area contributed by atoms with Crippen LogP contribution in [0.25, 0.3) is 0 Å². The van der Waals surface area contributed by atoms with Crippen LogP contribution in [0.2, 0.25) is 0 Å². The van der Waals surface area contributed by atoms with Crippen molar-refractivity contribution in [2.75, 3.05) is 18.4 Å². The van der Waals surface area contributed by atoms with E-state index >= 15 is 0 Å². The predicted molar refractivity (Wildman–Crippen MR) is 71.9 cm³/mol. The minimum Gasteiger partial charge on any atom is -0.329 e. The number of nitrogens with zero attached hydrogens (tertiary/aromatic N) is 3. The lowest BCUT2D eigenvalue weighted by Gasteiger charge is -2.23. The van der Waals surface area contributed by atoms with E-state index in [2.05, 4.69) is 26.1 Å². The Morgan fingerprint density at radius 2 is 2.05 bits per heavy atom. The quantitative estimate of drug-likeness (QED) is 0.764. The summed E-state index contributed by atoms with van der Waals surface area (Å²) in [6.07, 6.45) is -4.00. The first-order valence-corrected chi connectivity index (χ1v) is 7.15. The first-order chi connectivity index (χ1) is 9.28. The Bertz CT molecular complexity index is 480. The Kier molecular flexibility index (Phi) is 5.91. The minimum absolute atomic E-state index is 0.0249. The number of aromatic nitrogens is 2. The lowest BCUT2D eigenvalue weighted by Crippen LogP contribution is -2.40. The number of amides is 1. The predicted octanol–water partition coefficient (Wildman–Crippen LogP) is 2.75. The molecule has 0 bridgehead atoms. The van der Waals surface area contributed by atoms with Gasteiger partial charge in [0.05, 0.1) is 17.0 Å². The number of rotatable bonds is 5. The maximum absolute atomic E-state index is 12.5. The second-order valence-electron chi connectivity index (χ2n) is 4.23. The second kappa shape index (κ2) is 7.01. The number of hydrogen-bond donors (Lipinski definition) is 0.